The average Bonchev–Trinajstić information content (AvgIpc) is 3.22. The molecule has 1 N–H and O–H groups in total. The first-order chi connectivity index (χ1) is 11.7. The molecule has 1 aromatic heterocycles. The summed E-state index contributed by atoms with van der Waals surface area (Å²) < 4.78 is 12.2. The van der Waals surface area contributed by atoms with Crippen LogP contribution >= 0.6 is 0 Å². The zero-order valence-corrected chi connectivity index (χ0v) is 13.7. The first-order valence-corrected chi connectivity index (χ1v) is 8.18. The van der Waals surface area contributed by atoms with Crippen LogP contribution in [0.2, 0.25) is 0 Å². The molecule has 0 radical (unpaired) electrons. The van der Waals surface area contributed by atoms with Gasteiger partial charge in [0.1, 0.15) is 18.5 Å². The molecule has 2 aromatic rings. The van der Waals surface area contributed by atoms with E-state index in [-0.39, 0.29) is 31.1 Å². The van der Waals surface area contributed by atoms with Crippen LogP contribution in [0.4, 0.5) is 0 Å². The largest absolute Gasteiger partial charge is 0.465 e. The summed E-state index contributed by atoms with van der Waals surface area (Å²) in [6.45, 7) is 3.04. The van der Waals surface area contributed by atoms with Gasteiger partial charge < -0.3 is 19.4 Å². The molecule has 0 bridgehead atoms. The Morgan fingerprint density at radius 1 is 1.42 bits per heavy atom. The van der Waals surface area contributed by atoms with Crippen molar-refractivity contribution in [3.05, 3.63) is 30.1 Å². The summed E-state index contributed by atoms with van der Waals surface area (Å²) in [4.78, 5) is 28.5. The molecule has 1 atom stereocenters. The van der Waals surface area contributed by atoms with Crippen molar-refractivity contribution in [2.24, 2.45) is 0 Å². The van der Waals surface area contributed by atoms with Crippen molar-refractivity contribution in [1.29, 1.82) is 0 Å². The van der Waals surface area contributed by atoms with E-state index in [1.54, 1.807) is 11.5 Å². The van der Waals surface area contributed by atoms with E-state index in [4.69, 9.17) is 9.47 Å². The molecule has 2 heterocycles. The number of ether oxygens (including phenoxy) is 2. The van der Waals surface area contributed by atoms with Crippen LogP contribution in [0.1, 0.15) is 25.6 Å². The molecule has 1 aliphatic rings. The third-order valence-corrected chi connectivity index (χ3v) is 3.97. The summed E-state index contributed by atoms with van der Waals surface area (Å²) in [6.07, 6.45) is 1.26. The highest BCUT2D eigenvalue weighted by Crippen LogP contribution is 2.17. The van der Waals surface area contributed by atoms with Gasteiger partial charge in [-0.05, 0) is 31.9 Å². The molecule has 7 heteroatoms. The minimum absolute atomic E-state index is 0.0689. The maximum atomic E-state index is 12.1. The molecule has 1 saturated heterocycles. The number of hydrogen-bond acceptors (Lipinski definition) is 5. The molecule has 1 aliphatic heterocycles. The Labute approximate surface area is 139 Å². The number of rotatable bonds is 6. The monoisotopic (exact) mass is 331 g/mol. The van der Waals surface area contributed by atoms with E-state index >= 15 is 0 Å². The van der Waals surface area contributed by atoms with Gasteiger partial charge >= 0.3 is 5.97 Å². The Kier molecular flexibility index (Phi) is 5.10. The van der Waals surface area contributed by atoms with Gasteiger partial charge in [0.25, 0.3) is 0 Å². The van der Waals surface area contributed by atoms with Crippen molar-refractivity contribution in [3.8, 4) is 0 Å². The van der Waals surface area contributed by atoms with Crippen LogP contribution in [-0.2, 0) is 32.2 Å². The van der Waals surface area contributed by atoms with E-state index in [0.29, 0.717) is 19.0 Å². The lowest BCUT2D eigenvalue weighted by atomic mass is 10.2. The van der Waals surface area contributed by atoms with Gasteiger partial charge in [-0.3, -0.25) is 9.59 Å². The van der Waals surface area contributed by atoms with Crippen molar-refractivity contribution in [2.45, 2.75) is 39.0 Å². The lowest BCUT2D eigenvalue weighted by molar-refractivity contribution is -0.143. The molecule has 1 amide bonds. The van der Waals surface area contributed by atoms with E-state index in [1.807, 2.05) is 24.3 Å². The van der Waals surface area contributed by atoms with E-state index in [9.17, 15) is 9.59 Å². The van der Waals surface area contributed by atoms with Crippen LogP contribution in [0.25, 0.3) is 11.0 Å². The van der Waals surface area contributed by atoms with Crippen molar-refractivity contribution in [2.75, 3.05) is 13.2 Å². The third-order valence-electron chi connectivity index (χ3n) is 3.97. The third kappa shape index (κ3) is 3.56. The normalized spacial score (nSPS) is 17.1. The molecule has 24 heavy (non-hydrogen) atoms. The Bertz CT molecular complexity index is 735. The number of fused-ring (bicyclic) bond motifs is 1. The topological polar surface area (TPSA) is 82.5 Å². The van der Waals surface area contributed by atoms with E-state index in [0.717, 1.165) is 23.9 Å². The number of nitrogens with zero attached hydrogens (tertiary/aromatic N) is 2. The van der Waals surface area contributed by atoms with Crippen LogP contribution in [0.15, 0.2) is 24.3 Å². The quantitative estimate of drug-likeness (QED) is 0.809. The Balaban J connectivity index is 1.78. The number of amides is 1. The predicted octanol–water partition coefficient (Wildman–Crippen LogP) is 1.39. The number of imidazole rings is 1. The Hall–Kier alpha value is -2.41. The van der Waals surface area contributed by atoms with Crippen molar-refractivity contribution in [3.63, 3.8) is 0 Å². The van der Waals surface area contributed by atoms with Gasteiger partial charge in [0.2, 0.25) is 5.91 Å². The molecular formula is C17H21N3O4. The van der Waals surface area contributed by atoms with E-state index in [1.165, 1.54) is 0 Å². The van der Waals surface area contributed by atoms with Crippen LogP contribution in [0.3, 0.4) is 0 Å². The van der Waals surface area contributed by atoms with Gasteiger partial charge in [-0.1, -0.05) is 12.1 Å². The number of hydrogen-bond donors (Lipinski definition) is 1. The average molecular weight is 331 g/mol. The van der Waals surface area contributed by atoms with E-state index in [2.05, 4.69) is 10.3 Å². The summed E-state index contributed by atoms with van der Waals surface area (Å²) in [7, 11) is 0. The molecule has 1 fully saturated rings. The van der Waals surface area contributed by atoms with Crippen LogP contribution in [-0.4, -0.2) is 40.7 Å². The lowest BCUT2D eigenvalue weighted by Gasteiger charge is -2.12. The molecule has 0 saturated carbocycles. The number of carbonyl (C=O) groups is 2. The minimum atomic E-state index is -0.382. The van der Waals surface area contributed by atoms with Gasteiger partial charge in [-0.15, -0.1) is 0 Å². The van der Waals surface area contributed by atoms with Gasteiger partial charge in [0, 0.05) is 6.61 Å². The first-order valence-electron chi connectivity index (χ1n) is 8.18. The summed E-state index contributed by atoms with van der Waals surface area (Å²) in [5.41, 5.74) is 1.62. The second-order valence-corrected chi connectivity index (χ2v) is 5.63. The van der Waals surface area contributed by atoms with Crippen LogP contribution < -0.4 is 5.32 Å². The fourth-order valence-electron chi connectivity index (χ4n) is 2.84. The summed E-state index contributed by atoms with van der Waals surface area (Å²) in [5, 5.41) is 2.85. The van der Waals surface area contributed by atoms with Crippen molar-refractivity contribution < 1.29 is 19.1 Å². The number of nitrogens with one attached hydrogen (secondary N) is 1. The Morgan fingerprint density at radius 3 is 3.00 bits per heavy atom. The standard InChI is InChI=1S/C17H21N3O4/c1-2-23-16(21)11-20-13-7-4-3-6-12(13)19-15(20)10-18-17(22)14-8-5-9-24-14/h3-4,6-7,14H,2,5,8-11H2,1H3,(H,18,22). The Morgan fingerprint density at radius 2 is 2.25 bits per heavy atom. The fourth-order valence-corrected chi connectivity index (χ4v) is 2.84. The maximum Gasteiger partial charge on any atom is 0.326 e. The molecule has 0 aliphatic carbocycles. The van der Waals surface area contributed by atoms with Gasteiger partial charge in [0.05, 0.1) is 24.2 Å². The molecular weight excluding hydrogens is 310 g/mol. The van der Waals surface area contributed by atoms with Crippen LogP contribution in [0, 0.1) is 0 Å². The molecule has 0 spiro atoms. The number of aromatic nitrogens is 2. The fraction of sp³-hybridized carbons (Fsp3) is 0.471. The van der Waals surface area contributed by atoms with Crippen molar-refractivity contribution in [1.82, 2.24) is 14.9 Å². The van der Waals surface area contributed by atoms with Crippen molar-refractivity contribution >= 4 is 22.9 Å². The van der Waals surface area contributed by atoms with Gasteiger partial charge in [-0.25, -0.2) is 4.98 Å². The number of esters is 1. The molecule has 3 rings (SSSR count). The highest BCUT2D eigenvalue weighted by Gasteiger charge is 2.24. The lowest BCUT2D eigenvalue weighted by Crippen LogP contribution is -2.34. The molecule has 1 unspecified atom stereocenters. The van der Waals surface area contributed by atoms with Gasteiger partial charge in [-0.2, -0.15) is 0 Å². The minimum Gasteiger partial charge on any atom is -0.465 e. The summed E-state index contributed by atoms with van der Waals surface area (Å²) >= 11 is 0. The second-order valence-electron chi connectivity index (χ2n) is 5.63. The van der Waals surface area contributed by atoms with E-state index < -0.39 is 0 Å². The van der Waals surface area contributed by atoms with Crippen LogP contribution in [0.5, 0.6) is 0 Å². The summed E-state index contributed by atoms with van der Waals surface area (Å²) in [6, 6.07) is 7.55. The molecule has 128 valence electrons. The zero-order valence-electron chi connectivity index (χ0n) is 13.7. The zero-order chi connectivity index (χ0) is 16.9. The smallest absolute Gasteiger partial charge is 0.326 e. The highest BCUT2D eigenvalue weighted by molar-refractivity contribution is 5.81. The number of carbonyl (C=O) groups excluding carboxylic acids is 2. The first kappa shape index (κ1) is 16.4. The maximum absolute atomic E-state index is 12.1. The molecule has 7 nitrogen and oxygen atoms in total. The summed E-state index contributed by atoms with van der Waals surface area (Å²) in [5.74, 6) is 0.158. The number of para-hydroxylation sites is 2. The van der Waals surface area contributed by atoms with Gasteiger partial charge in [0.15, 0.2) is 0 Å². The SMILES string of the molecule is CCOC(=O)Cn1c(CNC(=O)C2CCCO2)nc2ccccc21. The second kappa shape index (κ2) is 7.44. The predicted molar refractivity (Wildman–Crippen MR) is 87.2 cm³/mol. The molecule has 1 aromatic carbocycles. The highest BCUT2D eigenvalue weighted by atomic mass is 16.5. The number of benzene rings is 1.